The van der Waals surface area contributed by atoms with Crippen molar-refractivity contribution in [3.63, 3.8) is 0 Å². The maximum atomic E-state index is 12.6. The first-order valence-electron chi connectivity index (χ1n) is 8.76. The molecule has 0 aromatic carbocycles. The Labute approximate surface area is 160 Å². The molecule has 4 rings (SSSR count). The Morgan fingerprint density at radius 3 is 2.52 bits per heavy atom. The number of imide groups is 1. The molecule has 1 fully saturated rings. The number of anilines is 1. The van der Waals surface area contributed by atoms with Gasteiger partial charge in [0.2, 0.25) is 17.7 Å². The van der Waals surface area contributed by atoms with Crippen LogP contribution < -0.4 is 5.32 Å². The topological polar surface area (TPSA) is 92.3 Å². The van der Waals surface area contributed by atoms with E-state index in [2.05, 4.69) is 15.3 Å². The third-order valence-corrected chi connectivity index (χ3v) is 5.73. The van der Waals surface area contributed by atoms with Gasteiger partial charge in [0, 0.05) is 11.6 Å². The van der Waals surface area contributed by atoms with Crippen LogP contribution in [-0.2, 0) is 14.4 Å². The van der Waals surface area contributed by atoms with Crippen molar-refractivity contribution in [1.82, 2.24) is 14.9 Å². The molecule has 2 unspecified atom stereocenters. The number of thiazole rings is 1. The predicted octanol–water partition coefficient (Wildman–Crippen LogP) is 2.48. The summed E-state index contributed by atoms with van der Waals surface area (Å²) in [4.78, 5) is 47.5. The molecular formula is C19H18N4O3S. The zero-order valence-corrected chi connectivity index (χ0v) is 15.5. The lowest BCUT2D eigenvalue weighted by molar-refractivity contribution is -0.146. The SMILES string of the molecule is C[C@@H](C(=O)Nc1nc(-c2ccccn2)cs1)N1C(=O)C2CC=CCC2C1=O. The van der Waals surface area contributed by atoms with Crippen LogP contribution in [0.5, 0.6) is 0 Å². The Morgan fingerprint density at radius 2 is 1.89 bits per heavy atom. The Balaban J connectivity index is 1.46. The van der Waals surface area contributed by atoms with Gasteiger partial charge in [-0.15, -0.1) is 11.3 Å². The first-order valence-corrected chi connectivity index (χ1v) is 9.64. The highest BCUT2D eigenvalue weighted by molar-refractivity contribution is 7.14. The summed E-state index contributed by atoms with van der Waals surface area (Å²) in [6.45, 7) is 1.57. The molecule has 1 aliphatic heterocycles. The predicted molar refractivity (Wildman–Crippen MR) is 101 cm³/mol. The van der Waals surface area contributed by atoms with E-state index in [9.17, 15) is 14.4 Å². The molecule has 0 bridgehead atoms. The average Bonchev–Trinajstić information content (AvgIpc) is 3.26. The summed E-state index contributed by atoms with van der Waals surface area (Å²) in [7, 11) is 0. The van der Waals surface area contributed by atoms with Crippen molar-refractivity contribution >= 4 is 34.2 Å². The van der Waals surface area contributed by atoms with E-state index >= 15 is 0 Å². The molecule has 1 aliphatic carbocycles. The molecule has 2 aromatic rings. The fourth-order valence-electron chi connectivity index (χ4n) is 3.50. The number of carbonyl (C=O) groups is 3. The van der Waals surface area contributed by atoms with Crippen LogP contribution in [0.2, 0.25) is 0 Å². The van der Waals surface area contributed by atoms with E-state index in [0.29, 0.717) is 29.4 Å². The summed E-state index contributed by atoms with van der Waals surface area (Å²) in [5.74, 6) is -1.62. The van der Waals surface area contributed by atoms with Gasteiger partial charge >= 0.3 is 0 Å². The zero-order valence-electron chi connectivity index (χ0n) is 14.7. The lowest BCUT2D eigenvalue weighted by Crippen LogP contribution is -2.46. The molecule has 0 radical (unpaired) electrons. The van der Waals surface area contributed by atoms with Crippen LogP contribution in [-0.4, -0.2) is 38.6 Å². The van der Waals surface area contributed by atoms with Crippen LogP contribution in [0.15, 0.2) is 41.9 Å². The van der Waals surface area contributed by atoms with E-state index in [0.717, 1.165) is 4.90 Å². The highest BCUT2D eigenvalue weighted by atomic mass is 32.1. The minimum Gasteiger partial charge on any atom is -0.300 e. The van der Waals surface area contributed by atoms with Gasteiger partial charge in [-0.1, -0.05) is 18.2 Å². The first-order chi connectivity index (χ1) is 13.1. The number of carbonyl (C=O) groups excluding carboxylic acids is 3. The van der Waals surface area contributed by atoms with E-state index in [1.165, 1.54) is 11.3 Å². The van der Waals surface area contributed by atoms with Crippen LogP contribution in [0.3, 0.4) is 0 Å². The molecule has 7 nitrogen and oxygen atoms in total. The molecule has 1 N–H and O–H groups in total. The maximum absolute atomic E-state index is 12.6. The summed E-state index contributed by atoms with van der Waals surface area (Å²) in [6.07, 6.45) is 6.64. The van der Waals surface area contributed by atoms with Crippen molar-refractivity contribution in [3.05, 3.63) is 41.9 Å². The Bertz CT molecular complexity index is 898. The standard InChI is InChI=1S/C19H18N4O3S/c1-11(23-17(25)12-6-2-3-7-13(12)18(23)26)16(24)22-19-21-15(10-27-19)14-8-4-5-9-20-14/h2-5,8-13H,6-7H2,1H3,(H,21,22,24)/t11-,12?,13?/m0/s1. The van der Waals surface area contributed by atoms with Gasteiger partial charge in [0.05, 0.1) is 17.5 Å². The van der Waals surface area contributed by atoms with Crippen molar-refractivity contribution in [2.75, 3.05) is 5.32 Å². The third kappa shape index (κ3) is 3.16. The highest BCUT2D eigenvalue weighted by Crippen LogP contribution is 2.36. The molecule has 1 saturated heterocycles. The van der Waals surface area contributed by atoms with E-state index in [-0.39, 0.29) is 23.7 Å². The van der Waals surface area contributed by atoms with Crippen LogP contribution in [0.4, 0.5) is 5.13 Å². The van der Waals surface area contributed by atoms with Gasteiger partial charge in [0.1, 0.15) is 11.7 Å². The van der Waals surface area contributed by atoms with Gasteiger partial charge in [0.25, 0.3) is 0 Å². The second-order valence-electron chi connectivity index (χ2n) is 6.62. The van der Waals surface area contributed by atoms with Crippen molar-refractivity contribution in [2.45, 2.75) is 25.8 Å². The molecule has 3 heterocycles. The Hall–Kier alpha value is -2.87. The van der Waals surface area contributed by atoms with Crippen LogP contribution >= 0.6 is 11.3 Å². The lowest BCUT2D eigenvalue weighted by atomic mass is 9.85. The monoisotopic (exact) mass is 382 g/mol. The summed E-state index contributed by atoms with van der Waals surface area (Å²) in [5.41, 5.74) is 1.37. The van der Waals surface area contributed by atoms with Crippen LogP contribution in [0.25, 0.3) is 11.4 Å². The molecular weight excluding hydrogens is 364 g/mol. The molecule has 138 valence electrons. The number of hydrogen-bond acceptors (Lipinski definition) is 6. The van der Waals surface area contributed by atoms with E-state index in [1.807, 2.05) is 30.4 Å². The summed E-state index contributed by atoms with van der Waals surface area (Å²) in [5, 5.41) is 4.92. The van der Waals surface area contributed by atoms with Gasteiger partial charge in [-0.25, -0.2) is 4.98 Å². The maximum Gasteiger partial charge on any atom is 0.249 e. The molecule has 8 heteroatoms. The highest BCUT2D eigenvalue weighted by Gasteiger charge is 2.50. The number of likely N-dealkylation sites (tertiary alicyclic amines) is 1. The molecule has 3 atom stereocenters. The van der Waals surface area contributed by atoms with E-state index in [4.69, 9.17) is 0 Å². The number of nitrogens with one attached hydrogen (secondary N) is 1. The Kier molecular flexibility index (Phi) is 4.57. The number of pyridine rings is 1. The number of amides is 3. The molecule has 0 spiro atoms. The zero-order chi connectivity index (χ0) is 19.0. The minimum atomic E-state index is -0.877. The average molecular weight is 382 g/mol. The second-order valence-corrected chi connectivity index (χ2v) is 7.48. The summed E-state index contributed by atoms with van der Waals surface area (Å²) in [6, 6.07) is 4.64. The fourth-order valence-corrected chi connectivity index (χ4v) is 4.21. The lowest BCUT2D eigenvalue weighted by Gasteiger charge is -2.21. The van der Waals surface area contributed by atoms with Gasteiger partial charge in [0.15, 0.2) is 5.13 Å². The first kappa shape index (κ1) is 17.5. The summed E-state index contributed by atoms with van der Waals surface area (Å²) >= 11 is 1.27. The number of hydrogen-bond donors (Lipinski definition) is 1. The number of aromatic nitrogens is 2. The van der Waals surface area contributed by atoms with Crippen molar-refractivity contribution in [3.8, 4) is 11.4 Å². The molecule has 2 aliphatic rings. The fraction of sp³-hybridized carbons (Fsp3) is 0.316. The second kappa shape index (κ2) is 7.03. The van der Waals surface area contributed by atoms with Gasteiger partial charge in [-0.3, -0.25) is 24.3 Å². The van der Waals surface area contributed by atoms with Gasteiger partial charge in [-0.2, -0.15) is 0 Å². The van der Waals surface area contributed by atoms with Gasteiger partial charge < -0.3 is 5.32 Å². The normalized spacial score (nSPS) is 22.6. The largest absolute Gasteiger partial charge is 0.300 e. The Morgan fingerprint density at radius 1 is 1.19 bits per heavy atom. The molecule has 2 aromatic heterocycles. The summed E-state index contributed by atoms with van der Waals surface area (Å²) < 4.78 is 0. The van der Waals surface area contributed by atoms with E-state index < -0.39 is 11.9 Å². The molecule has 3 amide bonds. The molecule has 27 heavy (non-hydrogen) atoms. The number of fused-ring (bicyclic) bond motifs is 1. The van der Waals surface area contributed by atoms with Crippen molar-refractivity contribution in [2.24, 2.45) is 11.8 Å². The number of rotatable bonds is 4. The minimum absolute atomic E-state index is 0.259. The van der Waals surface area contributed by atoms with E-state index in [1.54, 1.807) is 18.5 Å². The number of nitrogens with zero attached hydrogens (tertiary/aromatic N) is 3. The van der Waals surface area contributed by atoms with Crippen LogP contribution in [0, 0.1) is 11.8 Å². The molecule has 0 saturated carbocycles. The van der Waals surface area contributed by atoms with Crippen molar-refractivity contribution in [1.29, 1.82) is 0 Å². The smallest absolute Gasteiger partial charge is 0.249 e. The van der Waals surface area contributed by atoms with Gasteiger partial charge in [-0.05, 0) is 31.9 Å². The van der Waals surface area contributed by atoms with Crippen molar-refractivity contribution < 1.29 is 14.4 Å². The van der Waals surface area contributed by atoms with Crippen LogP contribution in [0.1, 0.15) is 19.8 Å². The number of allylic oxidation sites excluding steroid dienone is 2. The third-order valence-electron chi connectivity index (χ3n) is 4.97. The quantitative estimate of drug-likeness (QED) is 0.648.